The van der Waals surface area contributed by atoms with E-state index in [-0.39, 0.29) is 18.2 Å². The lowest BCUT2D eigenvalue weighted by molar-refractivity contribution is -0.0624. The zero-order chi connectivity index (χ0) is 16.3. The summed E-state index contributed by atoms with van der Waals surface area (Å²) in [5, 5.41) is 0. The summed E-state index contributed by atoms with van der Waals surface area (Å²) < 4.78 is 21.9. The van der Waals surface area contributed by atoms with E-state index < -0.39 is 5.60 Å². The van der Waals surface area contributed by atoms with E-state index in [1.165, 1.54) is 0 Å². The van der Waals surface area contributed by atoms with Crippen molar-refractivity contribution in [1.29, 1.82) is 0 Å². The maximum atomic E-state index is 12.5. The van der Waals surface area contributed by atoms with Gasteiger partial charge < -0.3 is 18.6 Å². The first-order chi connectivity index (χ1) is 10.3. The molecule has 6 nitrogen and oxygen atoms in total. The van der Waals surface area contributed by atoms with Gasteiger partial charge in [0.2, 0.25) is 0 Å². The summed E-state index contributed by atoms with van der Waals surface area (Å²) in [4.78, 5) is 14.2. The first-order valence-corrected chi connectivity index (χ1v) is 7.48. The molecular formula is C16H25NO5. The molecule has 1 fully saturated rings. The lowest BCUT2D eigenvalue weighted by Gasteiger charge is -2.39. The quantitative estimate of drug-likeness (QED) is 0.858. The number of carbonyl (C=O) groups is 1. The van der Waals surface area contributed by atoms with Crippen LogP contribution in [0.2, 0.25) is 0 Å². The molecule has 0 N–H and O–H groups in total. The van der Waals surface area contributed by atoms with Gasteiger partial charge in [0.15, 0.2) is 0 Å². The minimum Gasteiger partial charge on any atom is -0.461 e. The summed E-state index contributed by atoms with van der Waals surface area (Å²) in [7, 11) is 1.61. The molecule has 2 unspecified atom stereocenters. The summed E-state index contributed by atoms with van der Waals surface area (Å²) >= 11 is 0. The normalized spacial score (nSPS) is 22.7. The molecule has 0 aliphatic carbocycles. The highest BCUT2D eigenvalue weighted by Crippen LogP contribution is 2.30. The van der Waals surface area contributed by atoms with Crippen molar-refractivity contribution in [2.75, 3.05) is 20.3 Å². The Balaban J connectivity index is 2.20. The second-order valence-electron chi connectivity index (χ2n) is 6.53. The molecule has 2 rings (SSSR count). The third kappa shape index (κ3) is 4.01. The fourth-order valence-corrected chi connectivity index (χ4v) is 2.45. The topological polar surface area (TPSA) is 61.1 Å². The molecule has 0 aromatic carbocycles. The predicted molar refractivity (Wildman–Crippen MR) is 80.5 cm³/mol. The Kier molecular flexibility index (Phi) is 5.13. The van der Waals surface area contributed by atoms with E-state index in [9.17, 15) is 4.79 Å². The van der Waals surface area contributed by atoms with Gasteiger partial charge in [-0.1, -0.05) is 0 Å². The van der Waals surface area contributed by atoms with Gasteiger partial charge in [-0.15, -0.1) is 0 Å². The number of methoxy groups -OCH3 is 1. The Bertz CT molecular complexity index is 505. The summed E-state index contributed by atoms with van der Waals surface area (Å²) in [5.41, 5.74) is -0.538. The third-order valence-electron chi connectivity index (χ3n) is 3.35. The van der Waals surface area contributed by atoms with Crippen LogP contribution in [-0.2, 0) is 20.8 Å². The number of nitrogens with zero attached hydrogens (tertiary/aromatic N) is 1. The average Bonchev–Trinajstić information content (AvgIpc) is 2.85. The maximum Gasteiger partial charge on any atom is 0.411 e. The van der Waals surface area contributed by atoms with Crippen LogP contribution in [0.3, 0.4) is 0 Å². The molecule has 0 radical (unpaired) electrons. The van der Waals surface area contributed by atoms with E-state index in [0.717, 1.165) is 5.76 Å². The van der Waals surface area contributed by atoms with Crippen LogP contribution < -0.4 is 0 Å². The van der Waals surface area contributed by atoms with Gasteiger partial charge in [-0.2, -0.15) is 0 Å². The molecule has 2 atom stereocenters. The maximum absolute atomic E-state index is 12.5. The zero-order valence-electron chi connectivity index (χ0n) is 13.9. The van der Waals surface area contributed by atoms with Crippen molar-refractivity contribution >= 4 is 6.09 Å². The summed E-state index contributed by atoms with van der Waals surface area (Å²) in [6.45, 7) is 8.79. The minimum absolute atomic E-state index is 0.0791. The fourth-order valence-electron chi connectivity index (χ4n) is 2.45. The molecule has 6 heteroatoms. The Morgan fingerprint density at radius 2 is 2.09 bits per heavy atom. The van der Waals surface area contributed by atoms with Gasteiger partial charge in [0.25, 0.3) is 0 Å². The van der Waals surface area contributed by atoms with Crippen molar-refractivity contribution in [3.63, 3.8) is 0 Å². The zero-order valence-corrected chi connectivity index (χ0v) is 13.9. The molecule has 0 spiro atoms. The monoisotopic (exact) mass is 311 g/mol. The van der Waals surface area contributed by atoms with Gasteiger partial charge in [-0.3, -0.25) is 4.90 Å². The number of hydrogen-bond donors (Lipinski definition) is 0. The van der Waals surface area contributed by atoms with Crippen LogP contribution in [0.25, 0.3) is 0 Å². The van der Waals surface area contributed by atoms with Crippen LogP contribution in [0.4, 0.5) is 4.79 Å². The lowest BCUT2D eigenvalue weighted by atomic mass is 10.1. The van der Waals surface area contributed by atoms with Crippen LogP contribution in [-0.4, -0.2) is 43.0 Å². The second kappa shape index (κ2) is 6.71. The van der Waals surface area contributed by atoms with Gasteiger partial charge in [0, 0.05) is 7.11 Å². The number of carbonyl (C=O) groups excluding carboxylic acids is 1. The molecule has 1 amide bonds. The van der Waals surface area contributed by atoms with Gasteiger partial charge in [0.1, 0.15) is 29.8 Å². The van der Waals surface area contributed by atoms with Crippen molar-refractivity contribution in [1.82, 2.24) is 4.90 Å². The van der Waals surface area contributed by atoms with Crippen LogP contribution >= 0.6 is 0 Å². The molecule has 22 heavy (non-hydrogen) atoms. The standard InChI is InChI=1S/C16H25NO5/c1-11-8-20-10-13(14-7-6-12(21-14)9-19-5)17(11)15(18)22-16(2,3)4/h6-7,11,13H,8-10H2,1-5H3. The smallest absolute Gasteiger partial charge is 0.411 e. The van der Waals surface area contributed by atoms with Crippen LogP contribution in [0, 0.1) is 0 Å². The average molecular weight is 311 g/mol. The van der Waals surface area contributed by atoms with Crippen molar-refractivity contribution in [2.45, 2.75) is 52.0 Å². The second-order valence-corrected chi connectivity index (χ2v) is 6.53. The largest absolute Gasteiger partial charge is 0.461 e. The van der Waals surface area contributed by atoms with E-state index in [2.05, 4.69) is 0 Å². The Labute approximate surface area is 131 Å². The summed E-state index contributed by atoms with van der Waals surface area (Å²) in [5.74, 6) is 1.41. The van der Waals surface area contributed by atoms with Gasteiger partial charge >= 0.3 is 6.09 Å². The first kappa shape index (κ1) is 16.8. The summed E-state index contributed by atoms with van der Waals surface area (Å²) in [6, 6.07) is 3.34. The van der Waals surface area contributed by atoms with E-state index in [4.69, 9.17) is 18.6 Å². The van der Waals surface area contributed by atoms with Crippen molar-refractivity contribution < 1.29 is 23.4 Å². The molecule has 0 saturated carbocycles. The van der Waals surface area contributed by atoms with E-state index >= 15 is 0 Å². The number of amides is 1. The van der Waals surface area contributed by atoms with Gasteiger partial charge in [-0.25, -0.2) is 4.79 Å². The van der Waals surface area contributed by atoms with Crippen molar-refractivity contribution in [2.24, 2.45) is 0 Å². The number of furan rings is 1. The Morgan fingerprint density at radius 1 is 1.36 bits per heavy atom. The Morgan fingerprint density at radius 3 is 2.73 bits per heavy atom. The SMILES string of the molecule is COCc1ccc(C2COCC(C)N2C(=O)OC(C)(C)C)o1. The molecule has 2 heterocycles. The molecule has 1 aromatic heterocycles. The molecule has 1 aliphatic heterocycles. The van der Waals surface area contributed by atoms with Crippen molar-refractivity contribution in [3.05, 3.63) is 23.7 Å². The molecule has 0 bridgehead atoms. The number of hydrogen-bond acceptors (Lipinski definition) is 5. The van der Waals surface area contributed by atoms with Crippen LogP contribution in [0.1, 0.15) is 45.3 Å². The van der Waals surface area contributed by atoms with E-state index in [1.807, 2.05) is 39.8 Å². The molecule has 124 valence electrons. The minimum atomic E-state index is -0.538. The molecular weight excluding hydrogens is 286 g/mol. The van der Waals surface area contributed by atoms with Crippen LogP contribution in [0.15, 0.2) is 16.5 Å². The van der Waals surface area contributed by atoms with Crippen LogP contribution in [0.5, 0.6) is 0 Å². The van der Waals surface area contributed by atoms with Gasteiger partial charge in [-0.05, 0) is 39.8 Å². The fraction of sp³-hybridized carbons (Fsp3) is 0.688. The molecule has 1 aromatic rings. The van der Waals surface area contributed by atoms with E-state index in [0.29, 0.717) is 25.6 Å². The summed E-state index contributed by atoms with van der Waals surface area (Å²) in [6.07, 6.45) is -0.349. The van der Waals surface area contributed by atoms with E-state index in [1.54, 1.807) is 12.0 Å². The highest BCUT2D eigenvalue weighted by atomic mass is 16.6. The molecule has 1 aliphatic rings. The van der Waals surface area contributed by atoms with Crippen molar-refractivity contribution in [3.8, 4) is 0 Å². The number of rotatable bonds is 3. The number of morpholine rings is 1. The molecule has 1 saturated heterocycles. The first-order valence-electron chi connectivity index (χ1n) is 7.48. The lowest BCUT2D eigenvalue weighted by Crippen LogP contribution is -2.50. The highest BCUT2D eigenvalue weighted by molar-refractivity contribution is 5.69. The third-order valence-corrected chi connectivity index (χ3v) is 3.35. The number of ether oxygens (including phenoxy) is 3. The predicted octanol–water partition coefficient (Wildman–Crippen LogP) is 3.12. The Hall–Kier alpha value is -1.53. The van der Waals surface area contributed by atoms with Gasteiger partial charge in [0.05, 0.1) is 19.3 Å². The highest BCUT2D eigenvalue weighted by Gasteiger charge is 2.37.